The van der Waals surface area contributed by atoms with Crippen molar-refractivity contribution in [2.45, 2.75) is 38.8 Å². The molecule has 140 valence electrons. The van der Waals surface area contributed by atoms with Gasteiger partial charge in [-0.05, 0) is 45.0 Å². The van der Waals surface area contributed by atoms with Crippen molar-refractivity contribution in [3.05, 3.63) is 47.2 Å². The lowest BCUT2D eigenvalue weighted by atomic mass is 10.1. The molecule has 2 rings (SSSR count). The van der Waals surface area contributed by atoms with Crippen molar-refractivity contribution >= 4 is 23.5 Å². The maximum absolute atomic E-state index is 12.3. The lowest BCUT2D eigenvalue weighted by Crippen LogP contribution is -2.41. The minimum atomic E-state index is -1.11. The maximum atomic E-state index is 12.3. The molecule has 0 fully saturated rings. The van der Waals surface area contributed by atoms with E-state index in [1.54, 1.807) is 24.3 Å². The molecule has 2 aromatic rings. The Balaban J connectivity index is 2.01. The van der Waals surface area contributed by atoms with Crippen LogP contribution in [0, 0.1) is 0 Å². The second kappa shape index (κ2) is 8.33. The van der Waals surface area contributed by atoms with Gasteiger partial charge >= 0.3 is 5.97 Å². The van der Waals surface area contributed by atoms with Crippen molar-refractivity contribution in [2.75, 3.05) is 6.61 Å². The zero-order valence-electron chi connectivity index (χ0n) is 14.9. The van der Waals surface area contributed by atoms with Crippen LogP contribution in [0.25, 0.3) is 5.69 Å². The minimum Gasteiger partial charge on any atom is -0.480 e. The molecule has 0 saturated carbocycles. The van der Waals surface area contributed by atoms with Gasteiger partial charge in [-0.25, -0.2) is 9.48 Å². The zero-order chi connectivity index (χ0) is 19.3. The molecule has 1 aromatic carbocycles. The highest BCUT2D eigenvalue weighted by atomic mass is 35.5. The van der Waals surface area contributed by atoms with E-state index < -0.39 is 17.9 Å². The van der Waals surface area contributed by atoms with Gasteiger partial charge in [0.2, 0.25) is 0 Å². The van der Waals surface area contributed by atoms with Crippen molar-refractivity contribution < 1.29 is 19.4 Å². The fourth-order valence-corrected chi connectivity index (χ4v) is 2.28. The standard InChI is InChI=1S/C18H22ClN3O4/c1-18(2,3)26-9-8-15(17(24)25)21-16(23)12-10-20-22(11-12)14-6-4-13(19)5-7-14/h4-7,10-11,15H,8-9H2,1-3H3,(H,21,23)(H,24,25). The second-order valence-electron chi connectivity index (χ2n) is 6.76. The summed E-state index contributed by atoms with van der Waals surface area (Å²) in [6.45, 7) is 5.87. The molecule has 0 saturated heterocycles. The van der Waals surface area contributed by atoms with Crippen LogP contribution in [0.1, 0.15) is 37.6 Å². The maximum Gasteiger partial charge on any atom is 0.326 e. The van der Waals surface area contributed by atoms with Gasteiger partial charge in [-0.1, -0.05) is 11.6 Å². The molecule has 1 amide bonds. The summed E-state index contributed by atoms with van der Waals surface area (Å²) in [7, 11) is 0. The van der Waals surface area contributed by atoms with E-state index in [0.29, 0.717) is 5.02 Å². The van der Waals surface area contributed by atoms with Gasteiger partial charge in [0.25, 0.3) is 5.91 Å². The molecule has 26 heavy (non-hydrogen) atoms. The highest BCUT2D eigenvalue weighted by Crippen LogP contribution is 2.14. The monoisotopic (exact) mass is 379 g/mol. The van der Waals surface area contributed by atoms with E-state index in [9.17, 15) is 14.7 Å². The number of aliphatic carboxylic acids is 1. The van der Waals surface area contributed by atoms with Crippen LogP contribution < -0.4 is 5.32 Å². The summed E-state index contributed by atoms with van der Waals surface area (Å²) < 4.78 is 7.04. The number of nitrogens with one attached hydrogen (secondary N) is 1. The van der Waals surface area contributed by atoms with Crippen LogP contribution in [-0.2, 0) is 9.53 Å². The van der Waals surface area contributed by atoms with Gasteiger partial charge < -0.3 is 15.2 Å². The first-order valence-electron chi connectivity index (χ1n) is 8.14. The Labute approximate surface area is 156 Å². The van der Waals surface area contributed by atoms with E-state index in [0.717, 1.165) is 5.69 Å². The van der Waals surface area contributed by atoms with E-state index in [4.69, 9.17) is 16.3 Å². The van der Waals surface area contributed by atoms with Crippen molar-refractivity contribution in [3.63, 3.8) is 0 Å². The van der Waals surface area contributed by atoms with Crippen LogP contribution in [0.4, 0.5) is 0 Å². The predicted molar refractivity (Wildman–Crippen MR) is 97.8 cm³/mol. The number of carbonyl (C=O) groups excluding carboxylic acids is 1. The first kappa shape index (κ1) is 19.9. The second-order valence-corrected chi connectivity index (χ2v) is 7.20. The molecule has 0 aliphatic rings. The average molecular weight is 380 g/mol. The number of ether oxygens (including phenoxy) is 1. The largest absolute Gasteiger partial charge is 0.480 e. The Kier molecular flexibility index (Phi) is 6.39. The number of benzene rings is 1. The molecule has 1 heterocycles. The van der Waals surface area contributed by atoms with E-state index in [1.165, 1.54) is 17.1 Å². The number of rotatable bonds is 7. The van der Waals surface area contributed by atoms with Crippen LogP contribution in [0.3, 0.4) is 0 Å². The highest BCUT2D eigenvalue weighted by Gasteiger charge is 2.22. The van der Waals surface area contributed by atoms with Crippen LogP contribution >= 0.6 is 11.6 Å². The SMILES string of the molecule is CC(C)(C)OCCC(NC(=O)c1cnn(-c2ccc(Cl)cc2)c1)C(=O)O. The van der Waals surface area contributed by atoms with Gasteiger partial charge in [-0.15, -0.1) is 0 Å². The number of nitrogens with zero attached hydrogens (tertiary/aromatic N) is 2. The smallest absolute Gasteiger partial charge is 0.326 e. The van der Waals surface area contributed by atoms with Crippen LogP contribution in [-0.4, -0.2) is 45.0 Å². The lowest BCUT2D eigenvalue weighted by Gasteiger charge is -2.21. The normalized spacial score (nSPS) is 12.6. The molecule has 1 atom stereocenters. The van der Waals surface area contributed by atoms with E-state index in [-0.39, 0.29) is 24.2 Å². The highest BCUT2D eigenvalue weighted by molar-refractivity contribution is 6.30. The third kappa shape index (κ3) is 5.86. The summed E-state index contributed by atoms with van der Waals surface area (Å²) in [6, 6.07) is 5.92. The van der Waals surface area contributed by atoms with Crippen molar-refractivity contribution in [3.8, 4) is 5.69 Å². The van der Waals surface area contributed by atoms with Crippen LogP contribution in [0.2, 0.25) is 5.02 Å². The van der Waals surface area contributed by atoms with E-state index >= 15 is 0 Å². The predicted octanol–water partition coefficient (Wildman–Crippen LogP) is 2.91. The van der Waals surface area contributed by atoms with Gasteiger partial charge in [-0.3, -0.25) is 4.79 Å². The third-order valence-corrected chi connectivity index (χ3v) is 3.73. The summed E-state index contributed by atoms with van der Waals surface area (Å²) in [5.41, 5.74) is 0.636. The molecule has 0 bridgehead atoms. The molecule has 1 aromatic heterocycles. The zero-order valence-corrected chi connectivity index (χ0v) is 15.7. The topological polar surface area (TPSA) is 93.5 Å². The van der Waals surface area contributed by atoms with Gasteiger partial charge in [0.1, 0.15) is 6.04 Å². The third-order valence-electron chi connectivity index (χ3n) is 3.48. The van der Waals surface area contributed by atoms with Crippen molar-refractivity contribution in [1.82, 2.24) is 15.1 Å². The Morgan fingerprint density at radius 2 is 1.96 bits per heavy atom. The minimum absolute atomic E-state index is 0.170. The Morgan fingerprint density at radius 3 is 2.54 bits per heavy atom. The first-order valence-corrected chi connectivity index (χ1v) is 8.52. The van der Waals surface area contributed by atoms with Gasteiger partial charge in [0.05, 0.1) is 23.0 Å². The number of carboxylic acids is 1. The molecule has 2 N–H and O–H groups in total. The fourth-order valence-electron chi connectivity index (χ4n) is 2.16. The quantitative estimate of drug-likeness (QED) is 0.771. The number of hydrogen-bond acceptors (Lipinski definition) is 4. The molecule has 0 radical (unpaired) electrons. The number of carbonyl (C=O) groups is 2. The molecule has 0 aliphatic heterocycles. The molecule has 1 unspecified atom stereocenters. The number of hydrogen-bond donors (Lipinski definition) is 2. The lowest BCUT2D eigenvalue weighted by molar-refractivity contribution is -0.140. The van der Waals surface area contributed by atoms with E-state index in [1.807, 2.05) is 20.8 Å². The van der Waals surface area contributed by atoms with E-state index in [2.05, 4.69) is 10.4 Å². The van der Waals surface area contributed by atoms with Crippen molar-refractivity contribution in [1.29, 1.82) is 0 Å². The molecule has 0 aliphatic carbocycles. The summed E-state index contributed by atoms with van der Waals surface area (Å²) in [4.78, 5) is 23.7. The average Bonchev–Trinajstić information content (AvgIpc) is 3.03. The molecule has 0 spiro atoms. The Morgan fingerprint density at radius 1 is 1.31 bits per heavy atom. The number of halogens is 1. The summed E-state index contributed by atoms with van der Waals surface area (Å²) in [5.74, 6) is -1.62. The summed E-state index contributed by atoms with van der Waals surface area (Å²) in [6.07, 6.45) is 3.08. The number of aromatic nitrogens is 2. The Hall–Kier alpha value is -2.38. The van der Waals surface area contributed by atoms with Crippen LogP contribution in [0.15, 0.2) is 36.7 Å². The molecule has 7 nitrogen and oxygen atoms in total. The van der Waals surface area contributed by atoms with Gasteiger partial charge in [0, 0.05) is 24.2 Å². The molecule has 8 heteroatoms. The summed E-state index contributed by atoms with van der Waals surface area (Å²) >= 11 is 5.85. The molecular weight excluding hydrogens is 358 g/mol. The number of carboxylic acid groups (broad SMARTS) is 1. The van der Waals surface area contributed by atoms with Crippen molar-refractivity contribution in [2.24, 2.45) is 0 Å². The van der Waals surface area contributed by atoms with Crippen LogP contribution in [0.5, 0.6) is 0 Å². The fraction of sp³-hybridized carbons (Fsp3) is 0.389. The van der Waals surface area contributed by atoms with Gasteiger partial charge in [0.15, 0.2) is 0 Å². The summed E-state index contributed by atoms with van der Waals surface area (Å²) in [5, 5.41) is 16.5. The Bertz CT molecular complexity index is 765. The van der Waals surface area contributed by atoms with Gasteiger partial charge in [-0.2, -0.15) is 5.10 Å². The number of amides is 1. The molecular formula is C18H22ClN3O4. The first-order chi connectivity index (χ1) is 12.2.